The van der Waals surface area contributed by atoms with Crippen LogP contribution in [0, 0.1) is 46.5 Å². The molecule has 13 heteroatoms. The van der Waals surface area contributed by atoms with Gasteiger partial charge in [0.25, 0.3) is 0 Å². The van der Waals surface area contributed by atoms with E-state index in [1.165, 1.54) is 4.90 Å². The summed E-state index contributed by atoms with van der Waals surface area (Å²) in [7, 11) is -1.54. The van der Waals surface area contributed by atoms with Crippen LogP contribution in [0.3, 0.4) is 0 Å². The van der Waals surface area contributed by atoms with Crippen molar-refractivity contribution in [2.45, 2.75) is 83.2 Å². The summed E-state index contributed by atoms with van der Waals surface area (Å²) in [6, 6.07) is 11.8. The second-order valence-electron chi connectivity index (χ2n) is 14.5. The largest absolute Gasteiger partial charge is 1.00 e. The maximum absolute atomic E-state index is 12.2. The molecule has 2 amide bonds. The molecule has 248 valence electrons. The first kappa shape index (κ1) is 42.7. The van der Waals surface area contributed by atoms with Gasteiger partial charge in [-0.1, -0.05) is 31.5 Å². The van der Waals surface area contributed by atoms with Gasteiger partial charge in [0.15, 0.2) is 0 Å². The van der Waals surface area contributed by atoms with Gasteiger partial charge in [-0.15, -0.1) is 12.0 Å². The smallest absolute Gasteiger partial charge is 1.00 e. The monoisotopic (exact) mass is 696 g/mol. The van der Waals surface area contributed by atoms with Crippen molar-refractivity contribution in [3.63, 3.8) is 0 Å². The van der Waals surface area contributed by atoms with E-state index in [9.17, 15) is 20.1 Å². The summed E-state index contributed by atoms with van der Waals surface area (Å²) in [5.41, 5.74) is 3.11. The maximum Gasteiger partial charge on any atom is 1.00 e. The van der Waals surface area contributed by atoms with Gasteiger partial charge in [0.2, 0.25) is 0 Å². The number of nitrogens with zero attached hydrogens (tertiary/aromatic N) is 6. The second kappa shape index (κ2) is 16.4. The fourth-order valence-electron chi connectivity index (χ4n) is 4.71. The fraction of sp³-hybridized carbons (Fsp3) is 0.486. The topological polar surface area (TPSA) is 132 Å². The number of nitriles is 2. The van der Waals surface area contributed by atoms with Crippen molar-refractivity contribution in [2.75, 3.05) is 26.2 Å². The molecule has 4 rings (SSSR count). The van der Waals surface area contributed by atoms with Crippen LogP contribution >= 0.6 is 0 Å². The zero-order valence-corrected chi connectivity index (χ0v) is 33.7. The van der Waals surface area contributed by atoms with Gasteiger partial charge in [0.1, 0.15) is 30.1 Å². The predicted octanol–water partition coefficient (Wildman–Crippen LogP) is -0.594. The molecule has 10 nitrogen and oxygen atoms in total. The Bertz CT molecular complexity index is 1670. The molecule has 0 spiro atoms. The molecule has 2 saturated heterocycles. The first-order chi connectivity index (χ1) is 21.3. The summed E-state index contributed by atoms with van der Waals surface area (Å²) in [6.07, 6.45) is 7.90. The molecule has 2 aromatic rings. The van der Waals surface area contributed by atoms with Crippen molar-refractivity contribution in [3.8, 4) is 35.9 Å². The van der Waals surface area contributed by atoms with E-state index in [1.807, 2.05) is 32.9 Å². The molecule has 2 aliphatic heterocycles. The molecule has 0 unspecified atom stereocenters. The van der Waals surface area contributed by atoms with Crippen molar-refractivity contribution < 1.29 is 75.2 Å². The summed E-state index contributed by atoms with van der Waals surface area (Å²) in [5.74, 6) is 5.74. The van der Waals surface area contributed by atoms with Gasteiger partial charge in [-0.25, -0.2) is 9.59 Å². The molecule has 0 aromatic carbocycles. The summed E-state index contributed by atoms with van der Waals surface area (Å²) in [5, 5.41) is 19.3. The Morgan fingerprint density at radius 2 is 1.19 bits per heavy atom. The molecule has 2 fully saturated rings. The molecule has 0 atom stereocenters. The number of ether oxygens (including phenoxy) is 2. The number of likely N-dealkylation sites (tertiary alicyclic amines) is 2. The van der Waals surface area contributed by atoms with Gasteiger partial charge in [0, 0.05) is 23.5 Å². The number of halogens is 1. The van der Waals surface area contributed by atoms with Gasteiger partial charge in [-0.05, 0) is 65.8 Å². The van der Waals surface area contributed by atoms with Crippen molar-refractivity contribution in [1.82, 2.24) is 19.8 Å². The first-order valence-corrected chi connectivity index (χ1v) is 18.5. The molecule has 2 aromatic heterocycles. The number of terminal acetylenes is 1. The number of pyridine rings is 2. The zero-order chi connectivity index (χ0) is 34.6. The average Bonchev–Trinajstić information content (AvgIpc) is 2.90. The van der Waals surface area contributed by atoms with Gasteiger partial charge in [0.05, 0.1) is 49.7 Å². The van der Waals surface area contributed by atoms with Crippen molar-refractivity contribution in [1.29, 1.82) is 10.5 Å². The molecule has 0 bridgehead atoms. The first-order valence-electron chi connectivity index (χ1n) is 15.0. The third kappa shape index (κ3) is 10.9. The minimum Gasteiger partial charge on any atom is -1.00 e. The molecule has 2 aliphatic rings. The van der Waals surface area contributed by atoms with E-state index in [0.29, 0.717) is 17.0 Å². The van der Waals surface area contributed by atoms with E-state index >= 15 is 0 Å². The van der Waals surface area contributed by atoms with Crippen molar-refractivity contribution in [2.24, 2.45) is 0 Å². The van der Waals surface area contributed by atoms with E-state index in [2.05, 4.69) is 59.1 Å². The predicted molar refractivity (Wildman–Crippen MR) is 177 cm³/mol. The Morgan fingerprint density at radius 1 is 0.812 bits per heavy atom. The van der Waals surface area contributed by atoms with Crippen LogP contribution in [0.4, 0.5) is 9.59 Å². The van der Waals surface area contributed by atoms with Gasteiger partial charge in [-0.3, -0.25) is 9.97 Å². The van der Waals surface area contributed by atoms with Crippen LogP contribution in [0.5, 0.6) is 0 Å². The van der Waals surface area contributed by atoms with Gasteiger partial charge < -0.3 is 24.0 Å². The zero-order valence-electron chi connectivity index (χ0n) is 29.6. The molecule has 0 saturated carbocycles. The molecule has 0 radical (unpaired) electrons. The van der Waals surface area contributed by atoms with Crippen molar-refractivity contribution in [3.05, 3.63) is 59.2 Å². The third-order valence-electron chi connectivity index (χ3n) is 6.82. The van der Waals surface area contributed by atoms with Crippen LogP contribution < -0.4 is 56.1 Å². The number of carbonyl (C=O) groups is 2. The minimum atomic E-state index is -1.54. The Kier molecular flexibility index (Phi) is 14.6. The molecular weight excluding hydrogens is 655 g/mol. The van der Waals surface area contributed by atoms with E-state index in [-0.39, 0.29) is 82.3 Å². The van der Waals surface area contributed by atoms with Crippen LogP contribution in [0.1, 0.15) is 64.1 Å². The van der Waals surface area contributed by atoms with Gasteiger partial charge >= 0.3 is 63.6 Å². The molecule has 48 heavy (non-hydrogen) atoms. The Labute approximate surface area is 327 Å². The number of hydrogen-bond donors (Lipinski definition) is 0. The minimum absolute atomic E-state index is 0. The maximum atomic E-state index is 12.2. The van der Waals surface area contributed by atoms with Crippen LogP contribution in [0.15, 0.2) is 36.7 Å². The third-order valence-corrected chi connectivity index (χ3v) is 7.70. The van der Waals surface area contributed by atoms with E-state index in [1.54, 1.807) is 50.2 Å². The number of carbonyl (C=O) groups excluding carboxylic acids is 2. The Morgan fingerprint density at radius 3 is 1.52 bits per heavy atom. The van der Waals surface area contributed by atoms with E-state index in [4.69, 9.17) is 15.9 Å². The second-order valence-corrected chi connectivity index (χ2v) is 19.3. The SMILES string of the molecule is C#Cc1cccnc1C1(C#N)CN(C(=O)OC(C)(C)C)C1.CC(C)(C)OC(=O)N1CC(C#N)(c2ncccc2C#C[Si](C)(C)C)C1.[F-].[K+]. The van der Waals surface area contributed by atoms with E-state index < -0.39 is 42.3 Å². The molecule has 4 heterocycles. The van der Waals surface area contributed by atoms with Crippen LogP contribution in [0.25, 0.3) is 0 Å². The fourth-order valence-corrected chi connectivity index (χ4v) is 5.22. The average molecular weight is 697 g/mol. The Balaban J connectivity index is 0.000000467. The van der Waals surface area contributed by atoms with E-state index in [0.717, 1.165) is 5.56 Å². The summed E-state index contributed by atoms with van der Waals surface area (Å²) in [6.45, 7) is 18.4. The van der Waals surface area contributed by atoms with Gasteiger partial charge in [-0.2, -0.15) is 10.5 Å². The standard InChI is InChI=1S/C19H25N3O2Si.C16H17N3O2.FH.K/c1-18(2,3)24-17(23)22-13-19(12-20,14-22)16-15(8-7-10-21-16)9-11-25(4,5)6;1-5-12-7-6-8-18-13(12)16(9-17)10-19(11-16)14(20)21-15(2,3)4;;/h7-8,10H,13-14H2,1-6H3;1,6-8H,10-11H2,2-4H3;1H;/q;;;+1/p-1. The molecule has 0 aliphatic carbocycles. The van der Waals surface area contributed by atoms with Crippen LogP contribution in [-0.4, -0.2) is 77.4 Å². The molecule has 0 N–H and O–H groups in total. The van der Waals surface area contributed by atoms with Crippen molar-refractivity contribution >= 4 is 20.3 Å². The normalized spacial score (nSPS) is 15.5. The van der Waals surface area contributed by atoms with Crippen LogP contribution in [0.2, 0.25) is 19.6 Å². The number of amides is 2. The summed E-state index contributed by atoms with van der Waals surface area (Å²) < 4.78 is 10.7. The Hall–Kier alpha value is -3.28. The number of aromatic nitrogens is 2. The van der Waals surface area contributed by atoms with Crippen LogP contribution in [-0.2, 0) is 20.3 Å². The quantitative estimate of drug-likeness (QED) is 0.301. The number of hydrogen-bond acceptors (Lipinski definition) is 8. The number of rotatable bonds is 2. The molecular formula is C35H42FKN6O4Si. The summed E-state index contributed by atoms with van der Waals surface area (Å²) >= 11 is 0. The summed E-state index contributed by atoms with van der Waals surface area (Å²) in [4.78, 5) is 35.8.